The number of phenols is 2. The molecule has 5 atom stereocenters. The van der Waals surface area contributed by atoms with Crippen molar-refractivity contribution >= 4 is 47.0 Å². The van der Waals surface area contributed by atoms with Crippen molar-refractivity contribution in [3.8, 4) is 33.8 Å². The molecule has 0 fully saturated rings. The van der Waals surface area contributed by atoms with E-state index in [1.165, 1.54) is 39.1 Å². The second kappa shape index (κ2) is 21.4. The summed E-state index contributed by atoms with van der Waals surface area (Å²) in [5, 5.41) is 34.0. The van der Waals surface area contributed by atoms with Gasteiger partial charge in [-0.25, -0.2) is 0 Å². The van der Waals surface area contributed by atoms with Crippen molar-refractivity contribution in [2.45, 2.75) is 69.7 Å². The van der Waals surface area contributed by atoms with Crippen molar-refractivity contribution in [2.75, 3.05) is 27.2 Å². The fourth-order valence-corrected chi connectivity index (χ4v) is 7.58. The van der Waals surface area contributed by atoms with Crippen LogP contribution in [0.2, 0.25) is 5.02 Å². The van der Waals surface area contributed by atoms with Gasteiger partial charge >= 0.3 is 0 Å². The molecule has 1 aliphatic rings. The summed E-state index contributed by atoms with van der Waals surface area (Å²) in [6.45, 7) is 7.24. The van der Waals surface area contributed by atoms with Gasteiger partial charge in [-0.1, -0.05) is 54.6 Å². The molecular weight excluding hydrogens is 840 g/mol. The third-order valence-electron chi connectivity index (χ3n) is 11.1. The summed E-state index contributed by atoms with van der Waals surface area (Å²) in [5.41, 5.74) is 14.8. The smallest absolute Gasteiger partial charge is 0.251 e. The summed E-state index contributed by atoms with van der Waals surface area (Å²) in [6.07, 6.45) is 1.56. The van der Waals surface area contributed by atoms with Crippen molar-refractivity contribution in [2.24, 2.45) is 11.5 Å². The van der Waals surface area contributed by atoms with Crippen LogP contribution in [0.25, 0.3) is 22.3 Å². The zero-order valence-corrected chi connectivity index (χ0v) is 36.9. The van der Waals surface area contributed by atoms with Crippen LogP contribution in [0, 0.1) is 0 Å². The number of primary amides is 1. The van der Waals surface area contributed by atoms with Gasteiger partial charge in [-0.3, -0.25) is 28.8 Å². The molecule has 16 nitrogen and oxygen atoms in total. The fourth-order valence-electron chi connectivity index (χ4n) is 7.46. The third kappa shape index (κ3) is 12.0. The number of nitrogens with zero attached hydrogens (tertiary/aromatic N) is 2. The van der Waals surface area contributed by atoms with Crippen LogP contribution in [0.15, 0.2) is 97.2 Å². The first-order chi connectivity index (χ1) is 30.4. The van der Waals surface area contributed by atoms with E-state index in [0.717, 1.165) is 16.0 Å². The maximum absolute atomic E-state index is 14.5. The largest absolute Gasteiger partial charge is 0.507 e. The molecule has 0 aromatic heterocycles. The zero-order valence-electron chi connectivity index (χ0n) is 36.2. The molecule has 338 valence electrons. The van der Waals surface area contributed by atoms with Crippen molar-refractivity contribution < 1.29 is 39.0 Å². The standard InChI is InChI=1S/C47H55ClN8O8/c1-26-43(60)54-38(45(62)52-27(2)47(64)55(4)25-41(50)59)23-29-9-19-39(57)35(22-29)36-24-33(16-20-40(36)58)42(46(63)51-26)56(5)28(3)37(8-6-7-21-49)53-44(61)32-12-10-30(11-13-32)31-14-17-34(48)18-15-31/h9-20,22,24,26-27,37-38,42,57-58H,3,6-8,21,23,25,49H2,1-2,4-5H3,(H2,50,59)(H,51,63)(H,52,62)(H,53,61)(H,54,60)/t26-,27-,37-,38-,42-/m0/s1. The van der Waals surface area contributed by atoms with Crippen molar-refractivity contribution in [3.63, 3.8) is 0 Å². The summed E-state index contributed by atoms with van der Waals surface area (Å²) in [7, 11) is 2.98. The molecule has 0 saturated carbocycles. The molecule has 0 radical (unpaired) electrons. The number of amides is 6. The highest BCUT2D eigenvalue weighted by molar-refractivity contribution is 6.30. The number of likely N-dealkylation sites (N-methyl/N-ethyl adjacent to an activating group) is 2. The Bertz CT molecular complexity index is 2390. The van der Waals surface area contributed by atoms with Gasteiger partial charge in [0, 0.05) is 47.9 Å². The van der Waals surface area contributed by atoms with E-state index in [9.17, 15) is 39.0 Å². The van der Waals surface area contributed by atoms with Gasteiger partial charge in [0.15, 0.2) is 0 Å². The first-order valence-corrected chi connectivity index (χ1v) is 21.1. The number of carbonyl (C=O) groups is 6. The van der Waals surface area contributed by atoms with Crippen LogP contribution in [-0.4, -0.2) is 107 Å². The van der Waals surface area contributed by atoms with Crippen molar-refractivity contribution in [1.29, 1.82) is 0 Å². The molecule has 1 aliphatic heterocycles. The number of fused-ring (bicyclic) bond motifs is 5. The van der Waals surface area contributed by atoms with Gasteiger partial charge in [-0.2, -0.15) is 0 Å². The van der Waals surface area contributed by atoms with Crippen LogP contribution in [0.5, 0.6) is 11.5 Å². The van der Waals surface area contributed by atoms with E-state index in [4.69, 9.17) is 23.1 Å². The number of rotatable bonds is 15. The van der Waals surface area contributed by atoms with Gasteiger partial charge in [-0.15, -0.1) is 0 Å². The number of hydrogen-bond donors (Lipinski definition) is 8. The van der Waals surface area contributed by atoms with Gasteiger partial charge in [0.1, 0.15) is 35.7 Å². The molecule has 10 N–H and O–H groups in total. The minimum absolute atomic E-state index is 0.126. The van der Waals surface area contributed by atoms with Crippen molar-refractivity contribution in [1.82, 2.24) is 31.1 Å². The molecule has 4 aromatic rings. The molecular formula is C47H55ClN8O8. The number of halogens is 1. The summed E-state index contributed by atoms with van der Waals surface area (Å²) >= 11 is 6.06. The Kier molecular flexibility index (Phi) is 16.1. The Labute approximate surface area is 377 Å². The molecule has 4 bridgehead atoms. The quantitative estimate of drug-likeness (QED) is 0.0807. The first-order valence-electron chi connectivity index (χ1n) is 20.8. The van der Waals surface area contributed by atoms with Crippen LogP contribution in [0.1, 0.15) is 60.6 Å². The second-order valence-electron chi connectivity index (χ2n) is 15.9. The molecule has 0 unspecified atom stereocenters. The van der Waals surface area contributed by atoms with Crippen LogP contribution in [0.4, 0.5) is 0 Å². The maximum Gasteiger partial charge on any atom is 0.251 e. The minimum Gasteiger partial charge on any atom is -0.507 e. The molecule has 64 heavy (non-hydrogen) atoms. The summed E-state index contributed by atoms with van der Waals surface area (Å²) in [4.78, 5) is 83.0. The number of phenolic OH excluding ortho intramolecular Hbond substituents is 2. The first kappa shape index (κ1) is 48.1. The number of nitrogens with one attached hydrogen (secondary N) is 4. The molecule has 0 aliphatic carbocycles. The van der Waals surface area contributed by atoms with E-state index in [1.807, 2.05) is 24.3 Å². The molecule has 17 heteroatoms. The van der Waals surface area contributed by atoms with Crippen LogP contribution < -0.4 is 32.7 Å². The number of carbonyl (C=O) groups excluding carboxylic acids is 6. The van der Waals surface area contributed by atoms with Gasteiger partial charge in [0.2, 0.25) is 29.5 Å². The Morgan fingerprint density at radius 1 is 0.859 bits per heavy atom. The van der Waals surface area contributed by atoms with E-state index in [1.54, 1.807) is 54.4 Å². The number of unbranched alkanes of at least 4 members (excludes halogenated alkanes) is 1. The van der Waals surface area contributed by atoms with Gasteiger partial charge in [-0.05, 0) is 110 Å². The predicted molar refractivity (Wildman–Crippen MR) is 244 cm³/mol. The van der Waals surface area contributed by atoms with Crippen LogP contribution in [0.3, 0.4) is 0 Å². The molecule has 4 aromatic carbocycles. The van der Waals surface area contributed by atoms with E-state index in [2.05, 4.69) is 27.8 Å². The average molecular weight is 895 g/mol. The molecule has 0 spiro atoms. The van der Waals surface area contributed by atoms with Crippen LogP contribution >= 0.6 is 11.6 Å². The number of benzene rings is 4. The molecule has 5 rings (SSSR count). The SMILES string of the molecule is C=C([C@H](CCCCN)NC(=O)c1ccc(-c2ccc(Cl)cc2)cc1)N(C)[C@@H]1C(=O)N[C@@H](C)C(=O)N[C@H](C(=O)N[C@@H](C)C(=O)N(C)CC(N)=O)Cc2ccc(O)c(c2)-c2cc1ccc2O. The zero-order chi connectivity index (χ0) is 46.8. The summed E-state index contributed by atoms with van der Waals surface area (Å²) < 4.78 is 0. The third-order valence-corrected chi connectivity index (χ3v) is 11.3. The number of nitrogens with two attached hydrogens (primary N) is 2. The summed E-state index contributed by atoms with van der Waals surface area (Å²) in [6, 6.07) is 17.8. The predicted octanol–water partition coefficient (Wildman–Crippen LogP) is 3.49. The summed E-state index contributed by atoms with van der Waals surface area (Å²) in [5.74, 6) is -4.32. The maximum atomic E-state index is 14.5. The average Bonchev–Trinajstić information content (AvgIpc) is 3.26. The molecule has 6 amide bonds. The monoisotopic (exact) mass is 894 g/mol. The van der Waals surface area contributed by atoms with Crippen molar-refractivity contribution in [3.05, 3.63) is 119 Å². The van der Waals surface area contributed by atoms with E-state index in [-0.39, 0.29) is 41.5 Å². The Morgan fingerprint density at radius 3 is 2.09 bits per heavy atom. The lowest BCUT2D eigenvalue weighted by molar-refractivity contribution is -0.138. The highest BCUT2D eigenvalue weighted by Crippen LogP contribution is 2.39. The highest BCUT2D eigenvalue weighted by atomic mass is 35.5. The normalized spacial score (nSPS) is 17.1. The Balaban J connectivity index is 1.48. The van der Waals surface area contributed by atoms with E-state index in [0.29, 0.717) is 53.2 Å². The molecule has 1 heterocycles. The molecule has 0 saturated heterocycles. The topological polar surface area (TPSA) is 250 Å². The van der Waals surface area contributed by atoms with E-state index >= 15 is 0 Å². The minimum atomic E-state index is -1.30. The lowest BCUT2D eigenvalue weighted by Gasteiger charge is -2.36. The lowest BCUT2D eigenvalue weighted by atomic mass is 9.93. The second-order valence-corrected chi connectivity index (χ2v) is 16.4. The fraction of sp³-hybridized carbons (Fsp3) is 0.319. The van der Waals surface area contributed by atoms with E-state index < -0.39 is 59.7 Å². The van der Waals surface area contributed by atoms with Gasteiger partial charge in [0.05, 0.1) is 12.6 Å². The Morgan fingerprint density at radius 2 is 1.47 bits per heavy atom. The number of hydrogen-bond acceptors (Lipinski definition) is 10. The lowest BCUT2D eigenvalue weighted by Crippen LogP contribution is -2.57. The van der Waals surface area contributed by atoms with Gasteiger partial charge < -0.3 is 52.7 Å². The van der Waals surface area contributed by atoms with Gasteiger partial charge in [0.25, 0.3) is 5.91 Å². The Hall–Kier alpha value is -6.91. The highest BCUT2D eigenvalue weighted by Gasteiger charge is 2.34. The number of aromatic hydroxyl groups is 2. The van der Waals surface area contributed by atoms with Crippen LogP contribution in [-0.2, 0) is 30.4 Å².